The first-order valence-electron chi connectivity index (χ1n) is 6.02. The maximum Gasteiger partial charge on any atom is 0.347 e. The van der Waals surface area contributed by atoms with E-state index in [1.54, 1.807) is 0 Å². The molecule has 2 aliphatic heterocycles. The normalized spacial score (nSPS) is 38.6. The standard InChI is InChI=1S/C12H18O6/c1-6-10(18-12(3,4)17-6)8-5-9(11(14)16-8)15-7(2)13/h6,8-10H,5H2,1-4H3/t6-,8+,9+,10-/m1/s1. The third-order valence-electron chi connectivity index (χ3n) is 3.00. The largest absolute Gasteiger partial charge is 0.457 e. The Hall–Kier alpha value is -1.14. The summed E-state index contributed by atoms with van der Waals surface area (Å²) in [5.74, 6) is -1.69. The van der Waals surface area contributed by atoms with Crippen molar-refractivity contribution in [3.05, 3.63) is 0 Å². The lowest BCUT2D eigenvalue weighted by atomic mass is 10.1. The van der Waals surface area contributed by atoms with E-state index in [0.29, 0.717) is 6.42 Å². The van der Waals surface area contributed by atoms with E-state index in [0.717, 1.165) is 0 Å². The number of carbonyl (C=O) groups excluding carboxylic acids is 2. The van der Waals surface area contributed by atoms with Crippen LogP contribution < -0.4 is 0 Å². The Morgan fingerprint density at radius 2 is 2.06 bits per heavy atom. The minimum absolute atomic E-state index is 0.172. The van der Waals surface area contributed by atoms with E-state index in [1.165, 1.54) is 6.92 Å². The Morgan fingerprint density at radius 3 is 2.56 bits per heavy atom. The molecular weight excluding hydrogens is 240 g/mol. The average Bonchev–Trinajstić information content (AvgIpc) is 2.67. The van der Waals surface area contributed by atoms with Crippen molar-refractivity contribution in [2.75, 3.05) is 0 Å². The molecule has 0 saturated carbocycles. The molecule has 6 nitrogen and oxygen atoms in total. The molecule has 2 fully saturated rings. The Kier molecular flexibility index (Phi) is 3.33. The van der Waals surface area contributed by atoms with Crippen LogP contribution in [0.1, 0.15) is 34.1 Å². The highest BCUT2D eigenvalue weighted by Gasteiger charge is 2.49. The van der Waals surface area contributed by atoms with E-state index in [1.807, 2.05) is 20.8 Å². The molecule has 6 heteroatoms. The molecule has 0 aromatic heterocycles. The topological polar surface area (TPSA) is 71.1 Å². The second-order valence-corrected chi connectivity index (χ2v) is 5.11. The van der Waals surface area contributed by atoms with E-state index < -0.39 is 29.9 Å². The maximum absolute atomic E-state index is 11.5. The molecule has 0 radical (unpaired) electrons. The van der Waals surface area contributed by atoms with Crippen molar-refractivity contribution in [1.29, 1.82) is 0 Å². The van der Waals surface area contributed by atoms with Crippen molar-refractivity contribution in [2.45, 2.75) is 64.3 Å². The van der Waals surface area contributed by atoms with Gasteiger partial charge < -0.3 is 18.9 Å². The minimum atomic E-state index is -0.827. The highest BCUT2D eigenvalue weighted by atomic mass is 16.8. The number of cyclic esters (lactones) is 1. The van der Waals surface area contributed by atoms with E-state index in [9.17, 15) is 9.59 Å². The fourth-order valence-corrected chi connectivity index (χ4v) is 2.42. The molecule has 0 N–H and O–H groups in total. The van der Waals surface area contributed by atoms with Crippen LogP contribution in [0, 0.1) is 0 Å². The highest BCUT2D eigenvalue weighted by Crippen LogP contribution is 2.34. The molecule has 4 atom stereocenters. The van der Waals surface area contributed by atoms with Gasteiger partial charge >= 0.3 is 11.9 Å². The Bertz CT molecular complexity index is 364. The number of ether oxygens (including phenoxy) is 4. The van der Waals surface area contributed by atoms with Crippen LogP contribution in [-0.2, 0) is 28.5 Å². The first kappa shape index (κ1) is 13.3. The molecule has 2 rings (SSSR count). The van der Waals surface area contributed by atoms with Crippen LogP contribution >= 0.6 is 0 Å². The molecule has 102 valence electrons. The fraction of sp³-hybridized carbons (Fsp3) is 0.833. The van der Waals surface area contributed by atoms with E-state index in [4.69, 9.17) is 18.9 Å². The molecule has 0 amide bonds. The van der Waals surface area contributed by atoms with Gasteiger partial charge in [-0.1, -0.05) is 0 Å². The van der Waals surface area contributed by atoms with Crippen molar-refractivity contribution in [3.63, 3.8) is 0 Å². The molecule has 0 aliphatic carbocycles. The van der Waals surface area contributed by atoms with Gasteiger partial charge in [0.25, 0.3) is 0 Å². The van der Waals surface area contributed by atoms with Crippen molar-refractivity contribution >= 4 is 11.9 Å². The van der Waals surface area contributed by atoms with Crippen molar-refractivity contribution in [3.8, 4) is 0 Å². The number of rotatable bonds is 2. The molecule has 18 heavy (non-hydrogen) atoms. The summed E-state index contributed by atoms with van der Waals surface area (Å²) in [4.78, 5) is 22.4. The van der Waals surface area contributed by atoms with Gasteiger partial charge in [-0.15, -0.1) is 0 Å². The van der Waals surface area contributed by atoms with Gasteiger partial charge in [0.2, 0.25) is 6.10 Å². The molecule has 0 unspecified atom stereocenters. The lowest BCUT2D eigenvalue weighted by Crippen LogP contribution is -2.34. The SMILES string of the molecule is CC(=O)O[C@H]1C[C@@H]([C@@H]2OC(C)(C)O[C@@H]2C)OC1=O. The molecule has 0 spiro atoms. The minimum Gasteiger partial charge on any atom is -0.457 e. The van der Waals surface area contributed by atoms with Crippen molar-refractivity contribution in [2.24, 2.45) is 0 Å². The van der Waals surface area contributed by atoms with Gasteiger partial charge in [0.05, 0.1) is 6.10 Å². The van der Waals surface area contributed by atoms with Gasteiger partial charge in [-0.25, -0.2) is 4.79 Å². The van der Waals surface area contributed by atoms with Crippen LogP contribution in [0.2, 0.25) is 0 Å². The number of carbonyl (C=O) groups is 2. The lowest BCUT2D eigenvalue weighted by molar-refractivity contribution is -0.166. The van der Waals surface area contributed by atoms with Gasteiger partial charge in [0.15, 0.2) is 5.79 Å². The summed E-state index contributed by atoms with van der Waals surface area (Å²) in [6.07, 6.45) is -1.45. The molecular formula is C12H18O6. The zero-order chi connectivity index (χ0) is 13.5. The summed E-state index contributed by atoms with van der Waals surface area (Å²) in [7, 11) is 0. The molecule has 0 aromatic carbocycles. The summed E-state index contributed by atoms with van der Waals surface area (Å²) in [5.41, 5.74) is 0. The van der Waals surface area contributed by atoms with E-state index in [-0.39, 0.29) is 12.2 Å². The first-order chi connectivity index (χ1) is 8.28. The van der Waals surface area contributed by atoms with Crippen LogP contribution in [0.3, 0.4) is 0 Å². The number of hydrogen-bond acceptors (Lipinski definition) is 6. The predicted molar refractivity (Wildman–Crippen MR) is 59.6 cm³/mol. The van der Waals surface area contributed by atoms with Crippen molar-refractivity contribution in [1.82, 2.24) is 0 Å². The summed E-state index contributed by atoms with van der Waals surface area (Å²) in [6, 6.07) is 0. The summed E-state index contributed by atoms with van der Waals surface area (Å²) in [5, 5.41) is 0. The Balaban J connectivity index is 2.00. The monoisotopic (exact) mass is 258 g/mol. The highest BCUT2D eigenvalue weighted by molar-refractivity contribution is 5.80. The third kappa shape index (κ3) is 2.64. The first-order valence-corrected chi connectivity index (χ1v) is 6.02. The Morgan fingerprint density at radius 1 is 1.39 bits per heavy atom. The number of hydrogen-bond donors (Lipinski definition) is 0. The predicted octanol–water partition coefficient (Wildman–Crippen LogP) is 0.774. The molecule has 2 saturated heterocycles. The van der Waals surface area contributed by atoms with Crippen LogP contribution in [0.5, 0.6) is 0 Å². The average molecular weight is 258 g/mol. The van der Waals surface area contributed by atoms with Gasteiger partial charge in [-0.2, -0.15) is 0 Å². The van der Waals surface area contributed by atoms with E-state index >= 15 is 0 Å². The van der Waals surface area contributed by atoms with Gasteiger partial charge in [-0.3, -0.25) is 4.79 Å². The molecule has 0 bridgehead atoms. The van der Waals surface area contributed by atoms with Crippen LogP contribution in [0.25, 0.3) is 0 Å². The molecule has 0 aromatic rings. The van der Waals surface area contributed by atoms with Gasteiger partial charge in [0.1, 0.15) is 12.2 Å². The Labute approximate surface area is 106 Å². The van der Waals surface area contributed by atoms with Crippen LogP contribution in [0.4, 0.5) is 0 Å². The van der Waals surface area contributed by atoms with Crippen LogP contribution in [-0.4, -0.2) is 42.1 Å². The summed E-state index contributed by atoms with van der Waals surface area (Å²) in [6.45, 7) is 6.75. The zero-order valence-corrected chi connectivity index (χ0v) is 11.0. The fourth-order valence-electron chi connectivity index (χ4n) is 2.42. The smallest absolute Gasteiger partial charge is 0.347 e. The second-order valence-electron chi connectivity index (χ2n) is 5.11. The van der Waals surface area contributed by atoms with E-state index in [2.05, 4.69) is 0 Å². The van der Waals surface area contributed by atoms with Crippen molar-refractivity contribution < 1.29 is 28.5 Å². The molecule has 2 heterocycles. The number of esters is 2. The lowest BCUT2D eigenvalue weighted by Gasteiger charge is -2.20. The zero-order valence-electron chi connectivity index (χ0n) is 11.0. The summed E-state index contributed by atoms with van der Waals surface area (Å²) < 4.78 is 21.4. The maximum atomic E-state index is 11.5. The summed E-state index contributed by atoms with van der Waals surface area (Å²) >= 11 is 0. The third-order valence-corrected chi connectivity index (χ3v) is 3.00. The van der Waals surface area contributed by atoms with Gasteiger partial charge in [-0.05, 0) is 20.8 Å². The quantitative estimate of drug-likeness (QED) is 0.681. The second kappa shape index (κ2) is 4.51. The molecule has 2 aliphatic rings. The van der Waals surface area contributed by atoms with Crippen LogP contribution in [0.15, 0.2) is 0 Å². The van der Waals surface area contributed by atoms with Gasteiger partial charge in [0, 0.05) is 13.3 Å².